The summed E-state index contributed by atoms with van der Waals surface area (Å²) in [6, 6.07) is 9.47. The van der Waals surface area contributed by atoms with Crippen LogP contribution in [0, 0.1) is 5.92 Å². The van der Waals surface area contributed by atoms with Gasteiger partial charge in [0.15, 0.2) is 17.3 Å². The van der Waals surface area contributed by atoms with Crippen molar-refractivity contribution in [2.24, 2.45) is 5.92 Å². The van der Waals surface area contributed by atoms with Crippen LogP contribution in [-0.2, 0) is 16.0 Å². The van der Waals surface area contributed by atoms with E-state index in [0.717, 1.165) is 35.1 Å². The minimum atomic E-state index is -0.161. The number of ketones is 1. The van der Waals surface area contributed by atoms with Gasteiger partial charge in [0.1, 0.15) is 13.2 Å². The lowest BCUT2D eigenvalue weighted by atomic mass is 9.95. The lowest BCUT2D eigenvalue weighted by Gasteiger charge is -2.19. The van der Waals surface area contributed by atoms with Crippen LogP contribution >= 0.6 is 0 Å². The zero-order chi connectivity index (χ0) is 20.4. The Morgan fingerprint density at radius 1 is 0.931 bits per heavy atom. The van der Waals surface area contributed by atoms with Crippen molar-refractivity contribution in [1.82, 2.24) is 0 Å². The first-order chi connectivity index (χ1) is 14.1. The number of hydrogen-bond acceptors (Lipinski definition) is 6. The maximum absolute atomic E-state index is 12.2. The largest absolute Gasteiger partial charge is 0.493 e. The van der Waals surface area contributed by atoms with E-state index in [1.807, 2.05) is 30.3 Å². The predicted molar refractivity (Wildman–Crippen MR) is 107 cm³/mol. The summed E-state index contributed by atoms with van der Waals surface area (Å²) in [4.78, 5) is 23.9. The van der Waals surface area contributed by atoms with E-state index in [1.165, 1.54) is 0 Å². The molecular weight excluding hydrogens is 372 g/mol. The maximum Gasteiger partial charge on any atom is 0.309 e. The monoisotopic (exact) mass is 396 g/mol. The maximum atomic E-state index is 12.2. The molecule has 0 aliphatic heterocycles. The molecule has 0 N–H and O–H groups in total. The fourth-order valence-electron chi connectivity index (χ4n) is 3.72. The van der Waals surface area contributed by atoms with Gasteiger partial charge >= 0.3 is 5.97 Å². The highest BCUT2D eigenvalue weighted by Crippen LogP contribution is 2.46. The SMILES string of the molecule is COc1ccc(-c2cccc3c2CCC3=O)c(OCCOC(=O)C2CC2)c1OC. The Morgan fingerprint density at radius 3 is 2.45 bits per heavy atom. The van der Waals surface area contributed by atoms with Crippen LogP contribution in [-0.4, -0.2) is 39.2 Å². The molecule has 0 radical (unpaired) electrons. The fourth-order valence-corrected chi connectivity index (χ4v) is 3.72. The molecule has 0 saturated heterocycles. The Bertz CT molecular complexity index is 945. The lowest BCUT2D eigenvalue weighted by Crippen LogP contribution is -2.14. The van der Waals surface area contributed by atoms with Gasteiger partial charge < -0.3 is 18.9 Å². The third-order valence-electron chi connectivity index (χ3n) is 5.35. The number of methoxy groups -OCH3 is 2. The zero-order valence-corrected chi connectivity index (χ0v) is 16.7. The summed E-state index contributed by atoms with van der Waals surface area (Å²) in [6.07, 6.45) is 3.04. The molecule has 0 amide bonds. The molecule has 6 heteroatoms. The highest BCUT2D eigenvalue weighted by Gasteiger charge is 2.31. The van der Waals surface area contributed by atoms with Gasteiger partial charge in [0, 0.05) is 17.5 Å². The number of hydrogen-bond donors (Lipinski definition) is 0. The standard InChI is InChI=1S/C23H24O6/c1-26-20-11-9-18(15-4-3-5-17-16(15)8-10-19(17)24)21(22(20)27-2)28-12-13-29-23(25)14-6-7-14/h3-5,9,11,14H,6-8,10,12-13H2,1-2H3. The van der Waals surface area contributed by atoms with Crippen LogP contribution in [0.5, 0.6) is 17.2 Å². The first-order valence-corrected chi connectivity index (χ1v) is 9.84. The van der Waals surface area contributed by atoms with Crippen LogP contribution in [0.2, 0.25) is 0 Å². The van der Waals surface area contributed by atoms with Crippen molar-refractivity contribution in [3.8, 4) is 28.4 Å². The van der Waals surface area contributed by atoms with Crippen molar-refractivity contribution < 1.29 is 28.5 Å². The number of Topliss-reactive ketones (excluding diaryl/α,β-unsaturated/α-hetero) is 1. The summed E-state index contributed by atoms with van der Waals surface area (Å²) >= 11 is 0. The molecule has 0 spiro atoms. The molecule has 6 nitrogen and oxygen atoms in total. The molecule has 0 unspecified atom stereocenters. The molecule has 29 heavy (non-hydrogen) atoms. The van der Waals surface area contributed by atoms with Crippen molar-refractivity contribution in [1.29, 1.82) is 0 Å². The highest BCUT2D eigenvalue weighted by atomic mass is 16.6. The number of benzene rings is 2. The number of carbonyl (C=O) groups is 2. The van der Waals surface area contributed by atoms with Gasteiger partial charge in [0.05, 0.1) is 20.1 Å². The van der Waals surface area contributed by atoms with Crippen LogP contribution in [0.4, 0.5) is 0 Å². The first-order valence-electron chi connectivity index (χ1n) is 9.84. The summed E-state index contributed by atoms with van der Waals surface area (Å²) in [7, 11) is 3.12. The quantitative estimate of drug-likeness (QED) is 0.499. The molecular formula is C23H24O6. The summed E-state index contributed by atoms with van der Waals surface area (Å²) in [5.41, 5.74) is 3.55. The van der Waals surface area contributed by atoms with Crippen LogP contribution in [0.1, 0.15) is 35.2 Å². The highest BCUT2D eigenvalue weighted by molar-refractivity contribution is 6.02. The molecule has 0 bridgehead atoms. The molecule has 2 aliphatic carbocycles. The summed E-state index contributed by atoms with van der Waals surface area (Å²) < 4.78 is 22.3. The molecule has 152 valence electrons. The summed E-state index contributed by atoms with van der Waals surface area (Å²) in [5.74, 6) is 1.59. The Labute approximate surface area is 169 Å². The van der Waals surface area contributed by atoms with E-state index in [2.05, 4.69) is 0 Å². The topological polar surface area (TPSA) is 71.1 Å². The van der Waals surface area contributed by atoms with E-state index < -0.39 is 0 Å². The van der Waals surface area contributed by atoms with E-state index in [1.54, 1.807) is 14.2 Å². The Balaban J connectivity index is 1.65. The minimum absolute atomic E-state index is 0.0568. The minimum Gasteiger partial charge on any atom is -0.493 e. The number of fused-ring (bicyclic) bond motifs is 1. The second-order valence-electron chi connectivity index (χ2n) is 7.22. The summed E-state index contributed by atoms with van der Waals surface area (Å²) in [5, 5.41) is 0. The van der Waals surface area contributed by atoms with Crippen LogP contribution in [0.25, 0.3) is 11.1 Å². The van der Waals surface area contributed by atoms with Gasteiger partial charge in [-0.05, 0) is 42.5 Å². The molecule has 2 aliphatic rings. The van der Waals surface area contributed by atoms with Gasteiger partial charge in [-0.3, -0.25) is 9.59 Å². The van der Waals surface area contributed by atoms with Gasteiger partial charge in [0.2, 0.25) is 5.75 Å². The molecule has 4 rings (SSSR count). The van der Waals surface area contributed by atoms with E-state index in [4.69, 9.17) is 18.9 Å². The smallest absolute Gasteiger partial charge is 0.309 e. The second kappa shape index (κ2) is 8.15. The first kappa shape index (κ1) is 19.3. The van der Waals surface area contributed by atoms with Gasteiger partial charge in [-0.2, -0.15) is 0 Å². The normalized spacial score (nSPS) is 15.0. The van der Waals surface area contributed by atoms with Crippen molar-refractivity contribution in [3.05, 3.63) is 41.5 Å². The van der Waals surface area contributed by atoms with Crippen molar-refractivity contribution in [2.45, 2.75) is 25.7 Å². The predicted octanol–water partition coefficient (Wildman–Crippen LogP) is 3.83. The lowest BCUT2D eigenvalue weighted by molar-refractivity contribution is -0.145. The van der Waals surface area contributed by atoms with Crippen molar-refractivity contribution in [2.75, 3.05) is 27.4 Å². The molecule has 0 heterocycles. The van der Waals surface area contributed by atoms with E-state index >= 15 is 0 Å². The molecule has 1 fully saturated rings. The zero-order valence-electron chi connectivity index (χ0n) is 16.7. The summed E-state index contributed by atoms with van der Waals surface area (Å²) in [6.45, 7) is 0.365. The number of ether oxygens (including phenoxy) is 4. The Morgan fingerprint density at radius 2 is 1.72 bits per heavy atom. The second-order valence-corrected chi connectivity index (χ2v) is 7.22. The van der Waals surface area contributed by atoms with E-state index in [-0.39, 0.29) is 30.9 Å². The molecule has 2 aromatic rings. The molecule has 0 aromatic heterocycles. The van der Waals surface area contributed by atoms with E-state index in [0.29, 0.717) is 30.1 Å². The number of esters is 1. The Hall–Kier alpha value is -3.02. The van der Waals surface area contributed by atoms with Crippen LogP contribution in [0.3, 0.4) is 0 Å². The van der Waals surface area contributed by atoms with E-state index in [9.17, 15) is 9.59 Å². The van der Waals surface area contributed by atoms with Crippen LogP contribution < -0.4 is 14.2 Å². The van der Waals surface area contributed by atoms with Crippen molar-refractivity contribution >= 4 is 11.8 Å². The molecule has 2 aromatic carbocycles. The Kier molecular flexibility index (Phi) is 5.43. The number of rotatable bonds is 8. The van der Waals surface area contributed by atoms with Gasteiger partial charge in [-0.15, -0.1) is 0 Å². The van der Waals surface area contributed by atoms with Gasteiger partial charge in [0.25, 0.3) is 0 Å². The average molecular weight is 396 g/mol. The molecule has 0 atom stereocenters. The number of carbonyl (C=O) groups excluding carboxylic acids is 2. The third-order valence-corrected chi connectivity index (χ3v) is 5.35. The fraction of sp³-hybridized carbons (Fsp3) is 0.391. The van der Waals surface area contributed by atoms with Gasteiger partial charge in [-0.1, -0.05) is 18.2 Å². The third kappa shape index (κ3) is 3.79. The molecule has 1 saturated carbocycles. The van der Waals surface area contributed by atoms with Crippen LogP contribution in [0.15, 0.2) is 30.3 Å². The van der Waals surface area contributed by atoms with Crippen molar-refractivity contribution in [3.63, 3.8) is 0 Å². The van der Waals surface area contributed by atoms with Gasteiger partial charge in [-0.25, -0.2) is 0 Å². The average Bonchev–Trinajstić information content (AvgIpc) is 3.53.